The molecule has 1 N–H and O–H groups in total. The Morgan fingerprint density at radius 2 is 1.92 bits per heavy atom. The first kappa shape index (κ1) is 17.1. The van der Waals surface area contributed by atoms with Gasteiger partial charge in [0.15, 0.2) is 6.61 Å². The molecule has 1 fully saturated rings. The van der Waals surface area contributed by atoms with Gasteiger partial charge in [0, 0.05) is 19.6 Å². The van der Waals surface area contributed by atoms with E-state index in [1.54, 1.807) is 7.11 Å². The number of para-hydroxylation sites is 3. The molecule has 0 bridgehead atoms. The lowest BCUT2D eigenvalue weighted by Crippen LogP contribution is -2.34. The highest BCUT2D eigenvalue weighted by atomic mass is 16.5. The number of hydrogen-bond donors (Lipinski definition) is 1. The number of methoxy groups -OCH3 is 1. The predicted octanol–water partition coefficient (Wildman–Crippen LogP) is 2.72. The number of nitrogens with zero attached hydrogens (tertiary/aromatic N) is 1. The Kier molecular flexibility index (Phi) is 5.77. The molecule has 1 unspecified atom stereocenters. The molecule has 5 heteroatoms. The lowest BCUT2D eigenvalue weighted by Gasteiger charge is -2.21. The van der Waals surface area contributed by atoms with Crippen LogP contribution in [0.2, 0.25) is 0 Å². The van der Waals surface area contributed by atoms with Gasteiger partial charge in [-0.3, -0.25) is 4.79 Å². The molecule has 1 amide bonds. The summed E-state index contributed by atoms with van der Waals surface area (Å²) in [5.74, 6) is 1.95. The van der Waals surface area contributed by atoms with Crippen LogP contribution in [0, 0.1) is 5.92 Å². The molecule has 1 aliphatic heterocycles. The molecule has 3 rings (SSSR count). The van der Waals surface area contributed by atoms with Crippen LogP contribution in [0.3, 0.4) is 0 Å². The van der Waals surface area contributed by atoms with Crippen molar-refractivity contribution in [1.29, 1.82) is 0 Å². The van der Waals surface area contributed by atoms with Crippen LogP contribution in [-0.2, 0) is 4.79 Å². The van der Waals surface area contributed by atoms with Crippen LogP contribution in [0.5, 0.6) is 11.5 Å². The number of anilines is 1. The molecule has 2 aromatic carbocycles. The summed E-state index contributed by atoms with van der Waals surface area (Å²) in [5.41, 5.74) is 1.12. The zero-order valence-electron chi connectivity index (χ0n) is 14.5. The molecule has 5 nitrogen and oxygen atoms in total. The van der Waals surface area contributed by atoms with E-state index in [1.807, 2.05) is 48.5 Å². The second-order valence-corrected chi connectivity index (χ2v) is 6.18. The number of rotatable bonds is 7. The van der Waals surface area contributed by atoms with E-state index in [-0.39, 0.29) is 12.5 Å². The van der Waals surface area contributed by atoms with Gasteiger partial charge in [0.1, 0.15) is 11.5 Å². The summed E-state index contributed by atoms with van der Waals surface area (Å²) in [6, 6.07) is 17.4. The van der Waals surface area contributed by atoms with Gasteiger partial charge < -0.3 is 19.7 Å². The van der Waals surface area contributed by atoms with Gasteiger partial charge in [0.05, 0.1) is 12.8 Å². The van der Waals surface area contributed by atoms with E-state index >= 15 is 0 Å². The van der Waals surface area contributed by atoms with E-state index in [2.05, 4.69) is 16.3 Å². The fraction of sp³-hybridized carbons (Fsp3) is 0.350. The van der Waals surface area contributed by atoms with Gasteiger partial charge >= 0.3 is 0 Å². The van der Waals surface area contributed by atoms with Crippen molar-refractivity contribution < 1.29 is 14.3 Å². The van der Waals surface area contributed by atoms with Gasteiger partial charge in [-0.2, -0.15) is 0 Å². The summed E-state index contributed by atoms with van der Waals surface area (Å²) in [5, 5.41) is 2.97. The Bertz CT molecular complexity index is 690. The van der Waals surface area contributed by atoms with Gasteiger partial charge in [0.2, 0.25) is 0 Å². The van der Waals surface area contributed by atoms with Gasteiger partial charge in [-0.1, -0.05) is 30.3 Å². The first-order valence-corrected chi connectivity index (χ1v) is 8.59. The average molecular weight is 340 g/mol. The van der Waals surface area contributed by atoms with Crippen molar-refractivity contribution in [1.82, 2.24) is 5.32 Å². The number of benzene rings is 2. The van der Waals surface area contributed by atoms with E-state index in [0.29, 0.717) is 18.2 Å². The number of carbonyl (C=O) groups is 1. The van der Waals surface area contributed by atoms with Crippen molar-refractivity contribution in [2.45, 2.75) is 6.42 Å². The number of ether oxygens (including phenoxy) is 2. The second-order valence-electron chi connectivity index (χ2n) is 6.18. The van der Waals surface area contributed by atoms with Crippen LogP contribution in [-0.4, -0.2) is 39.3 Å². The molecule has 132 valence electrons. The molecule has 1 aliphatic rings. The summed E-state index contributed by atoms with van der Waals surface area (Å²) in [7, 11) is 1.69. The third kappa shape index (κ3) is 4.66. The molecular formula is C20H24N2O3. The number of carbonyl (C=O) groups excluding carboxylic acids is 1. The van der Waals surface area contributed by atoms with E-state index in [4.69, 9.17) is 9.47 Å². The summed E-state index contributed by atoms with van der Waals surface area (Å²) < 4.78 is 10.9. The fourth-order valence-corrected chi connectivity index (χ4v) is 3.08. The van der Waals surface area contributed by atoms with Crippen LogP contribution >= 0.6 is 0 Å². The molecule has 2 aromatic rings. The van der Waals surface area contributed by atoms with Crippen molar-refractivity contribution in [2.75, 3.05) is 38.3 Å². The molecule has 0 aromatic heterocycles. The van der Waals surface area contributed by atoms with Crippen molar-refractivity contribution in [3.63, 3.8) is 0 Å². The number of amides is 1. The largest absolute Gasteiger partial charge is 0.495 e. The van der Waals surface area contributed by atoms with E-state index in [0.717, 1.165) is 30.9 Å². The Morgan fingerprint density at radius 3 is 2.72 bits per heavy atom. The minimum atomic E-state index is -0.0837. The minimum Gasteiger partial charge on any atom is -0.495 e. The Balaban J connectivity index is 1.43. The highest BCUT2D eigenvalue weighted by molar-refractivity contribution is 5.77. The molecule has 0 radical (unpaired) electrons. The van der Waals surface area contributed by atoms with Gasteiger partial charge in [-0.25, -0.2) is 0 Å². The highest BCUT2D eigenvalue weighted by Gasteiger charge is 2.24. The molecule has 0 saturated carbocycles. The summed E-state index contributed by atoms with van der Waals surface area (Å²) in [4.78, 5) is 14.3. The third-order valence-electron chi connectivity index (χ3n) is 4.41. The smallest absolute Gasteiger partial charge is 0.257 e. The van der Waals surface area contributed by atoms with Crippen LogP contribution < -0.4 is 19.7 Å². The van der Waals surface area contributed by atoms with Gasteiger partial charge in [-0.05, 0) is 36.6 Å². The monoisotopic (exact) mass is 340 g/mol. The summed E-state index contributed by atoms with van der Waals surface area (Å²) in [6.07, 6.45) is 1.05. The maximum absolute atomic E-state index is 12.0. The molecule has 1 atom stereocenters. The molecule has 25 heavy (non-hydrogen) atoms. The Labute approximate surface area is 148 Å². The maximum atomic E-state index is 12.0. The lowest BCUT2D eigenvalue weighted by atomic mass is 10.1. The molecule has 1 heterocycles. The molecular weight excluding hydrogens is 316 g/mol. The molecule has 1 saturated heterocycles. The topological polar surface area (TPSA) is 50.8 Å². The average Bonchev–Trinajstić information content (AvgIpc) is 3.14. The summed E-state index contributed by atoms with van der Waals surface area (Å²) in [6.45, 7) is 2.61. The van der Waals surface area contributed by atoms with Gasteiger partial charge in [-0.15, -0.1) is 0 Å². The normalized spacial score (nSPS) is 16.5. The third-order valence-corrected chi connectivity index (χ3v) is 4.41. The first-order chi connectivity index (χ1) is 12.3. The first-order valence-electron chi connectivity index (χ1n) is 8.59. The molecule has 0 aliphatic carbocycles. The van der Waals surface area contributed by atoms with Crippen molar-refractivity contribution in [3.8, 4) is 11.5 Å². The standard InChI is InChI=1S/C20H24N2O3/c1-24-19-10-6-5-9-18(19)22-12-11-16(14-22)13-21-20(23)15-25-17-7-3-2-4-8-17/h2-10,16H,11-15H2,1H3,(H,21,23). The Morgan fingerprint density at radius 1 is 1.16 bits per heavy atom. The minimum absolute atomic E-state index is 0.0486. The Hall–Kier alpha value is -2.69. The maximum Gasteiger partial charge on any atom is 0.257 e. The van der Waals surface area contributed by atoms with Crippen LogP contribution in [0.1, 0.15) is 6.42 Å². The zero-order chi connectivity index (χ0) is 17.5. The SMILES string of the molecule is COc1ccccc1N1CCC(CNC(=O)COc2ccccc2)C1. The molecule has 0 spiro atoms. The van der Waals surface area contributed by atoms with Crippen molar-refractivity contribution >= 4 is 11.6 Å². The van der Waals surface area contributed by atoms with Crippen molar-refractivity contribution in [2.24, 2.45) is 5.92 Å². The highest BCUT2D eigenvalue weighted by Crippen LogP contribution is 2.31. The van der Waals surface area contributed by atoms with E-state index in [9.17, 15) is 4.79 Å². The number of hydrogen-bond acceptors (Lipinski definition) is 4. The predicted molar refractivity (Wildman–Crippen MR) is 98.3 cm³/mol. The van der Waals surface area contributed by atoms with E-state index < -0.39 is 0 Å². The quantitative estimate of drug-likeness (QED) is 0.842. The second kappa shape index (κ2) is 8.42. The van der Waals surface area contributed by atoms with Crippen LogP contribution in [0.4, 0.5) is 5.69 Å². The van der Waals surface area contributed by atoms with E-state index in [1.165, 1.54) is 0 Å². The fourth-order valence-electron chi connectivity index (χ4n) is 3.08. The zero-order valence-corrected chi connectivity index (χ0v) is 14.5. The summed E-state index contributed by atoms with van der Waals surface area (Å²) >= 11 is 0. The van der Waals surface area contributed by atoms with Crippen LogP contribution in [0.25, 0.3) is 0 Å². The lowest BCUT2D eigenvalue weighted by molar-refractivity contribution is -0.123. The number of nitrogens with one attached hydrogen (secondary N) is 1. The van der Waals surface area contributed by atoms with Crippen molar-refractivity contribution in [3.05, 3.63) is 54.6 Å². The van der Waals surface area contributed by atoms with Crippen LogP contribution in [0.15, 0.2) is 54.6 Å². The van der Waals surface area contributed by atoms with Gasteiger partial charge in [0.25, 0.3) is 5.91 Å².